The molecule has 29 heavy (non-hydrogen) atoms. The molecule has 8 nitrogen and oxygen atoms in total. The summed E-state index contributed by atoms with van der Waals surface area (Å²) < 4.78 is 5.19. The van der Waals surface area contributed by atoms with Crippen molar-refractivity contribution >= 4 is 34.0 Å². The smallest absolute Gasteiger partial charge is 0.338 e. The zero-order chi connectivity index (χ0) is 21.0. The third-order valence-electron chi connectivity index (χ3n) is 4.03. The van der Waals surface area contributed by atoms with Crippen LogP contribution in [0.15, 0.2) is 53.9 Å². The lowest BCUT2D eigenvalue weighted by Crippen LogP contribution is -2.29. The predicted molar refractivity (Wildman–Crippen MR) is 109 cm³/mol. The van der Waals surface area contributed by atoms with Gasteiger partial charge in [0.25, 0.3) is 11.6 Å². The Labute approximate surface area is 170 Å². The van der Waals surface area contributed by atoms with E-state index in [-0.39, 0.29) is 5.69 Å². The number of aromatic nitrogens is 1. The molecule has 0 aliphatic rings. The Morgan fingerprint density at radius 1 is 1.21 bits per heavy atom. The Morgan fingerprint density at radius 3 is 2.62 bits per heavy atom. The van der Waals surface area contributed by atoms with Crippen LogP contribution in [0.25, 0.3) is 11.3 Å². The molecule has 0 spiro atoms. The molecule has 1 aromatic heterocycles. The number of hydrogen-bond acceptors (Lipinski definition) is 7. The minimum atomic E-state index is -1.02. The maximum Gasteiger partial charge on any atom is 0.338 e. The number of carbonyl (C=O) groups is 2. The maximum absolute atomic E-state index is 12.3. The highest BCUT2D eigenvalue weighted by molar-refractivity contribution is 7.14. The monoisotopic (exact) mass is 411 g/mol. The van der Waals surface area contributed by atoms with Gasteiger partial charge in [0.15, 0.2) is 11.2 Å². The van der Waals surface area contributed by atoms with Crippen molar-refractivity contribution in [3.8, 4) is 11.3 Å². The van der Waals surface area contributed by atoms with Crippen molar-refractivity contribution < 1.29 is 19.2 Å². The van der Waals surface area contributed by atoms with E-state index in [4.69, 9.17) is 4.74 Å². The maximum atomic E-state index is 12.3. The van der Waals surface area contributed by atoms with E-state index in [0.717, 1.165) is 5.56 Å². The van der Waals surface area contributed by atoms with Gasteiger partial charge in [0.1, 0.15) is 0 Å². The fraction of sp³-hybridized carbons (Fsp3) is 0.150. The van der Waals surface area contributed by atoms with Crippen molar-refractivity contribution in [3.63, 3.8) is 0 Å². The summed E-state index contributed by atoms with van der Waals surface area (Å²) in [5.41, 5.74) is 2.39. The number of carbonyl (C=O) groups excluding carboxylic acids is 2. The zero-order valence-electron chi connectivity index (χ0n) is 15.6. The highest BCUT2D eigenvalue weighted by Crippen LogP contribution is 2.27. The average Bonchev–Trinajstić information content (AvgIpc) is 3.17. The summed E-state index contributed by atoms with van der Waals surface area (Å²) >= 11 is 1.17. The molecule has 9 heteroatoms. The molecule has 0 saturated heterocycles. The molecule has 1 heterocycles. The molecule has 3 aromatic rings. The lowest BCUT2D eigenvalue weighted by molar-refractivity contribution is -0.384. The minimum absolute atomic E-state index is 0.0438. The second-order valence-corrected chi connectivity index (χ2v) is 7.11. The van der Waals surface area contributed by atoms with Crippen LogP contribution >= 0.6 is 11.3 Å². The van der Waals surface area contributed by atoms with Gasteiger partial charge in [-0.25, -0.2) is 9.78 Å². The normalized spacial score (nSPS) is 11.5. The Bertz CT molecular complexity index is 1060. The molecule has 0 fully saturated rings. The van der Waals surface area contributed by atoms with Gasteiger partial charge in [0.05, 0.1) is 16.2 Å². The van der Waals surface area contributed by atoms with E-state index in [1.165, 1.54) is 30.4 Å². The Balaban J connectivity index is 1.63. The molecule has 3 rings (SSSR count). The number of nitro benzene ring substituents is 1. The van der Waals surface area contributed by atoms with Gasteiger partial charge in [-0.3, -0.25) is 20.2 Å². The van der Waals surface area contributed by atoms with Crippen LogP contribution in [0.1, 0.15) is 22.8 Å². The number of ether oxygens (including phenoxy) is 1. The van der Waals surface area contributed by atoms with Crippen LogP contribution in [0.5, 0.6) is 0 Å². The van der Waals surface area contributed by atoms with Gasteiger partial charge < -0.3 is 4.74 Å². The number of rotatable bonds is 6. The van der Waals surface area contributed by atoms with Crippen LogP contribution in [0.2, 0.25) is 0 Å². The summed E-state index contributed by atoms with van der Waals surface area (Å²) in [6.07, 6.45) is -1.02. The van der Waals surface area contributed by atoms with Crippen molar-refractivity contribution in [2.75, 3.05) is 5.32 Å². The number of non-ortho nitro benzene ring substituents is 1. The number of amides is 1. The molecule has 1 atom stereocenters. The first-order chi connectivity index (χ1) is 13.8. The average molecular weight is 411 g/mol. The molecule has 0 bridgehead atoms. The van der Waals surface area contributed by atoms with Crippen molar-refractivity contribution in [2.45, 2.75) is 20.0 Å². The molecule has 2 aromatic carbocycles. The highest BCUT2D eigenvalue weighted by atomic mass is 32.1. The number of hydrogen-bond donors (Lipinski definition) is 1. The van der Waals surface area contributed by atoms with Crippen molar-refractivity contribution in [3.05, 3.63) is 75.2 Å². The van der Waals surface area contributed by atoms with Gasteiger partial charge in [-0.05, 0) is 26.0 Å². The fourth-order valence-electron chi connectivity index (χ4n) is 2.42. The lowest BCUT2D eigenvalue weighted by Gasteiger charge is -2.12. The number of nitro groups is 1. The van der Waals surface area contributed by atoms with Gasteiger partial charge in [0.2, 0.25) is 0 Å². The van der Waals surface area contributed by atoms with Gasteiger partial charge in [-0.2, -0.15) is 0 Å². The molecular formula is C20H17N3O5S. The summed E-state index contributed by atoms with van der Waals surface area (Å²) in [7, 11) is 0. The Morgan fingerprint density at radius 2 is 1.93 bits per heavy atom. The zero-order valence-corrected chi connectivity index (χ0v) is 16.4. The van der Waals surface area contributed by atoms with E-state index in [1.807, 2.05) is 6.92 Å². The van der Waals surface area contributed by atoms with E-state index in [9.17, 15) is 19.7 Å². The molecule has 1 amide bonds. The largest absolute Gasteiger partial charge is 0.449 e. The minimum Gasteiger partial charge on any atom is -0.449 e. The van der Waals surface area contributed by atoms with Gasteiger partial charge in [-0.1, -0.05) is 29.8 Å². The van der Waals surface area contributed by atoms with Crippen molar-refractivity contribution in [1.29, 1.82) is 0 Å². The van der Waals surface area contributed by atoms with E-state index in [1.54, 1.807) is 41.8 Å². The third kappa shape index (κ3) is 5.02. The van der Waals surface area contributed by atoms with Crippen LogP contribution in [0.4, 0.5) is 10.8 Å². The topological polar surface area (TPSA) is 111 Å². The summed E-state index contributed by atoms with van der Waals surface area (Å²) in [4.78, 5) is 39.1. The first kappa shape index (κ1) is 20.2. The predicted octanol–water partition coefficient (Wildman–Crippen LogP) is 4.21. The molecule has 0 aliphatic carbocycles. The van der Waals surface area contributed by atoms with Gasteiger partial charge in [-0.15, -0.1) is 11.3 Å². The first-order valence-corrected chi connectivity index (χ1v) is 9.50. The second-order valence-electron chi connectivity index (χ2n) is 6.25. The number of anilines is 1. The molecule has 148 valence electrons. The summed E-state index contributed by atoms with van der Waals surface area (Å²) in [5, 5.41) is 15.5. The fourth-order valence-corrected chi connectivity index (χ4v) is 3.14. The number of thiazole rings is 1. The molecule has 0 radical (unpaired) electrons. The number of esters is 1. The number of nitrogens with zero attached hydrogens (tertiary/aromatic N) is 2. The van der Waals surface area contributed by atoms with Gasteiger partial charge >= 0.3 is 5.97 Å². The van der Waals surface area contributed by atoms with E-state index >= 15 is 0 Å². The quantitative estimate of drug-likeness (QED) is 0.369. The summed E-state index contributed by atoms with van der Waals surface area (Å²) in [6.45, 7) is 3.37. The summed E-state index contributed by atoms with van der Waals surface area (Å²) in [6, 6.07) is 12.9. The molecular weight excluding hydrogens is 394 g/mol. The van der Waals surface area contributed by atoms with Gasteiger partial charge in [0, 0.05) is 23.1 Å². The lowest BCUT2D eigenvalue weighted by atomic mass is 10.1. The van der Waals surface area contributed by atoms with Crippen molar-refractivity contribution in [2.24, 2.45) is 0 Å². The van der Waals surface area contributed by atoms with Crippen LogP contribution in [-0.2, 0) is 9.53 Å². The van der Waals surface area contributed by atoms with Crippen LogP contribution in [-0.4, -0.2) is 27.9 Å². The molecule has 0 unspecified atom stereocenters. The number of benzene rings is 2. The van der Waals surface area contributed by atoms with E-state index in [2.05, 4.69) is 10.3 Å². The van der Waals surface area contributed by atoms with Crippen LogP contribution in [0.3, 0.4) is 0 Å². The Hall–Kier alpha value is -3.59. The number of aryl methyl sites for hydroxylation is 1. The van der Waals surface area contributed by atoms with Crippen LogP contribution in [0, 0.1) is 17.0 Å². The molecule has 0 saturated carbocycles. The third-order valence-corrected chi connectivity index (χ3v) is 4.79. The summed E-state index contributed by atoms with van der Waals surface area (Å²) in [5.74, 6) is -1.12. The SMILES string of the molecule is Cc1ccc(C(=O)O[C@H](C)C(=O)Nc2nc(-c3cccc([N+](=O)[O-])c3)cs2)cc1. The Kier molecular flexibility index (Phi) is 5.99. The standard InChI is InChI=1S/C20H17N3O5S/c1-12-6-8-14(9-7-12)19(25)28-13(2)18(24)22-20-21-17(11-29-20)15-4-3-5-16(10-15)23(26)27/h3-11,13H,1-2H3,(H,21,22,24)/t13-/m1/s1. The molecule has 1 N–H and O–H groups in total. The van der Waals surface area contributed by atoms with E-state index < -0.39 is 22.9 Å². The highest BCUT2D eigenvalue weighted by Gasteiger charge is 2.20. The first-order valence-electron chi connectivity index (χ1n) is 8.62. The number of nitrogens with one attached hydrogen (secondary N) is 1. The molecule has 0 aliphatic heterocycles. The van der Waals surface area contributed by atoms with E-state index in [0.29, 0.717) is 22.0 Å². The van der Waals surface area contributed by atoms with Crippen molar-refractivity contribution in [1.82, 2.24) is 4.98 Å². The van der Waals surface area contributed by atoms with Crippen LogP contribution < -0.4 is 5.32 Å². The second kappa shape index (κ2) is 8.61.